The molecule has 0 fully saturated rings. The second kappa shape index (κ2) is 9.92. The van der Waals surface area contributed by atoms with E-state index in [-0.39, 0.29) is 35.6 Å². The van der Waals surface area contributed by atoms with Crippen LogP contribution in [0.2, 0.25) is 0 Å². The molecule has 2 N–H and O–H groups in total. The highest BCUT2D eigenvalue weighted by Crippen LogP contribution is 2.39. The number of pyridine rings is 1. The van der Waals surface area contributed by atoms with Gasteiger partial charge in [-0.25, -0.2) is 0 Å². The molecular weight excluding hydrogens is 451 g/mol. The third-order valence-electron chi connectivity index (χ3n) is 4.40. The fourth-order valence-electron chi connectivity index (χ4n) is 3.24. The number of aliphatic imine (C=N–C) groups is 1. The van der Waals surface area contributed by atoms with Crippen molar-refractivity contribution in [1.29, 1.82) is 0 Å². The number of para-hydroxylation sites is 1. The molecule has 2 heterocycles. The van der Waals surface area contributed by atoms with Crippen molar-refractivity contribution in [1.82, 2.24) is 15.6 Å². The van der Waals surface area contributed by atoms with Crippen LogP contribution in [0.15, 0.2) is 53.7 Å². The van der Waals surface area contributed by atoms with Gasteiger partial charge in [0.1, 0.15) is 11.4 Å². The van der Waals surface area contributed by atoms with Crippen LogP contribution in [0.3, 0.4) is 0 Å². The highest BCUT2D eigenvalue weighted by atomic mass is 127. The zero-order chi connectivity index (χ0) is 18.4. The van der Waals surface area contributed by atoms with E-state index in [9.17, 15) is 0 Å². The lowest BCUT2D eigenvalue weighted by Gasteiger charge is -2.38. The molecule has 1 unspecified atom stereocenters. The van der Waals surface area contributed by atoms with Crippen LogP contribution in [0.1, 0.15) is 44.5 Å². The molecule has 5 nitrogen and oxygen atoms in total. The van der Waals surface area contributed by atoms with Crippen molar-refractivity contribution < 1.29 is 4.74 Å². The van der Waals surface area contributed by atoms with Gasteiger partial charge in [-0.3, -0.25) is 9.98 Å². The largest absolute Gasteiger partial charge is 0.487 e. The highest BCUT2D eigenvalue weighted by Gasteiger charge is 2.33. The number of nitrogens with zero attached hydrogens (tertiary/aromatic N) is 2. The summed E-state index contributed by atoms with van der Waals surface area (Å²) in [6, 6.07) is 14.4. The predicted octanol–water partition coefficient (Wildman–Crippen LogP) is 4.10. The monoisotopic (exact) mass is 480 g/mol. The molecule has 1 aliphatic rings. The molecule has 27 heavy (non-hydrogen) atoms. The van der Waals surface area contributed by atoms with Crippen molar-refractivity contribution in [2.45, 2.75) is 45.3 Å². The summed E-state index contributed by atoms with van der Waals surface area (Å²) in [7, 11) is 0. The summed E-state index contributed by atoms with van der Waals surface area (Å²) in [6.45, 7) is 7.85. The molecule has 2 aromatic rings. The lowest BCUT2D eigenvalue weighted by atomic mass is 9.90. The Morgan fingerprint density at radius 2 is 2.00 bits per heavy atom. The van der Waals surface area contributed by atoms with E-state index in [0.29, 0.717) is 6.54 Å². The van der Waals surface area contributed by atoms with E-state index in [1.165, 1.54) is 5.56 Å². The Morgan fingerprint density at radius 1 is 1.22 bits per heavy atom. The van der Waals surface area contributed by atoms with Crippen LogP contribution in [0.4, 0.5) is 0 Å². The topological polar surface area (TPSA) is 58.5 Å². The smallest absolute Gasteiger partial charge is 0.191 e. The van der Waals surface area contributed by atoms with Gasteiger partial charge >= 0.3 is 0 Å². The summed E-state index contributed by atoms with van der Waals surface area (Å²) in [6.07, 6.45) is 3.53. The van der Waals surface area contributed by atoms with Crippen LogP contribution in [0, 0.1) is 0 Å². The average Bonchev–Trinajstić information content (AvgIpc) is 2.62. The maximum Gasteiger partial charge on any atom is 0.191 e. The summed E-state index contributed by atoms with van der Waals surface area (Å²) >= 11 is 0. The minimum atomic E-state index is -0.211. The number of fused-ring (bicyclic) bond motifs is 1. The Morgan fingerprint density at radius 3 is 2.74 bits per heavy atom. The van der Waals surface area contributed by atoms with Crippen molar-refractivity contribution in [3.05, 3.63) is 59.9 Å². The average molecular weight is 480 g/mol. The van der Waals surface area contributed by atoms with E-state index in [1.807, 2.05) is 36.5 Å². The number of aromatic nitrogens is 1. The molecule has 1 aliphatic heterocycles. The van der Waals surface area contributed by atoms with E-state index in [0.717, 1.165) is 36.8 Å². The molecule has 0 radical (unpaired) electrons. The Hall–Kier alpha value is -1.83. The molecule has 0 amide bonds. The molecule has 3 rings (SSSR count). The molecule has 0 saturated carbocycles. The third kappa shape index (κ3) is 6.09. The van der Waals surface area contributed by atoms with E-state index in [4.69, 9.17) is 9.73 Å². The van der Waals surface area contributed by atoms with E-state index >= 15 is 0 Å². The van der Waals surface area contributed by atoms with Crippen LogP contribution in [-0.2, 0) is 6.42 Å². The van der Waals surface area contributed by atoms with Crippen molar-refractivity contribution in [3.63, 3.8) is 0 Å². The number of benzene rings is 1. The van der Waals surface area contributed by atoms with Gasteiger partial charge in [0.25, 0.3) is 0 Å². The lowest BCUT2D eigenvalue weighted by molar-refractivity contribution is 0.0694. The molecule has 1 aromatic carbocycles. The number of halogens is 1. The number of rotatable bonds is 5. The van der Waals surface area contributed by atoms with Gasteiger partial charge in [0, 0.05) is 43.4 Å². The Balaban J connectivity index is 0.00000261. The molecule has 6 heteroatoms. The number of nitrogens with one attached hydrogen (secondary N) is 2. The molecule has 1 aromatic heterocycles. The predicted molar refractivity (Wildman–Crippen MR) is 121 cm³/mol. The van der Waals surface area contributed by atoms with Gasteiger partial charge < -0.3 is 15.4 Å². The highest BCUT2D eigenvalue weighted by molar-refractivity contribution is 14.0. The second-order valence-electron chi connectivity index (χ2n) is 7.13. The van der Waals surface area contributed by atoms with Crippen molar-refractivity contribution in [2.75, 3.05) is 13.1 Å². The molecule has 0 spiro atoms. The summed E-state index contributed by atoms with van der Waals surface area (Å²) in [5, 5.41) is 6.95. The standard InChI is InChI=1S/C21H28N4O.HI/c1-4-22-20(24-14-12-16-9-7-8-13-23-16)25-18-15-21(2,3)26-19-11-6-5-10-17(18)19;/h5-11,13,18H,4,12,14-15H2,1-3H3,(H2,22,24,25);1H. The van der Waals surface area contributed by atoms with Gasteiger partial charge in [-0.2, -0.15) is 0 Å². The summed E-state index contributed by atoms with van der Waals surface area (Å²) in [4.78, 5) is 9.10. The van der Waals surface area contributed by atoms with Crippen LogP contribution >= 0.6 is 24.0 Å². The number of ether oxygens (including phenoxy) is 1. The molecule has 0 aliphatic carbocycles. The van der Waals surface area contributed by atoms with E-state index in [1.54, 1.807) is 0 Å². The number of guanidine groups is 1. The van der Waals surface area contributed by atoms with Crippen LogP contribution in [-0.4, -0.2) is 29.6 Å². The van der Waals surface area contributed by atoms with E-state index in [2.05, 4.69) is 48.5 Å². The van der Waals surface area contributed by atoms with Crippen molar-refractivity contribution in [3.8, 4) is 5.75 Å². The fraction of sp³-hybridized carbons (Fsp3) is 0.429. The first kappa shape index (κ1) is 21.5. The van der Waals surface area contributed by atoms with Crippen molar-refractivity contribution in [2.24, 2.45) is 4.99 Å². The minimum absolute atomic E-state index is 0. The molecule has 146 valence electrons. The minimum Gasteiger partial charge on any atom is -0.487 e. The first-order chi connectivity index (χ1) is 12.6. The lowest BCUT2D eigenvalue weighted by Crippen LogP contribution is -2.45. The molecule has 1 atom stereocenters. The number of hydrogen-bond donors (Lipinski definition) is 2. The first-order valence-corrected chi connectivity index (χ1v) is 9.30. The summed E-state index contributed by atoms with van der Waals surface area (Å²) in [5.41, 5.74) is 2.03. The summed E-state index contributed by atoms with van der Waals surface area (Å²) < 4.78 is 6.12. The number of hydrogen-bond acceptors (Lipinski definition) is 3. The van der Waals surface area contributed by atoms with Crippen LogP contribution < -0.4 is 15.4 Å². The van der Waals surface area contributed by atoms with E-state index < -0.39 is 0 Å². The zero-order valence-electron chi connectivity index (χ0n) is 16.2. The third-order valence-corrected chi connectivity index (χ3v) is 4.40. The Bertz CT molecular complexity index is 749. The van der Waals surface area contributed by atoms with Gasteiger partial charge in [0.2, 0.25) is 0 Å². The van der Waals surface area contributed by atoms with Gasteiger partial charge in [-0.15, -0.1) is 24.0 Å². The maximum absolute atomic E-state index is 6.12. The Kier molecular flexibility index (Phi) is 7.89. The first-order valence-electron chi connectivity index (χ1n) is 9.30. The maximum atomic E-state index is 6.12. The molecule has 0 saturated heterocycles. The fourth-order valence-corrected chi connectivity index (χ4v) is 3.24. The van der Waals surface area contributed by atoms with Crippen LogP contribution in [0.25, 0.3) is 0 Å². The van der Waals surface area contributed by atoms with Gasteiger partial charge in [0.15, 0.2) is 5.96 Å². The van der Waals surface area contributed by atoms with Gasteiger partial charge in [-0.05, 0) is 39.0 Å². The van der Waals surface area contributed by atoms with Crippen molar-refractivity contribution >= 4 is 29.9 Å². The second-order valence-corrected chi connectivity index (χ2v) is 7.13. The summed E-state index contributed by atoms with van der Waals surface area (Å²) in [5.74, 6) is 1.78. The SMILES string of the molecule is CCNC(=NCCc1ccccn1)NC1CC(C)(C)Oc2ccccc21.I. The van der Waals surface area contributed by atoms with Gasteiger partial charge in [-0.1, -0.05) is 24.3 Å². The van der Waals surface area contributed by atoms with Crippen LogP contribution in [0.5, 0.6) is 5.75 Å². The van der Waals surface area contributed by atoms with Gasteiger partial charge in [0.05, 0.1) is 6.04 Å². The Labute approximate surface area is 179 Å². The molecule has 0 bridgehead atoms. The normalized spacial score (nSPS) is 17.9. The molecular formula is C21H29IN4O. The quantitative estimate of drug-likeness (QED) is 0.385. The zero-order valence-corrected chi connectivity index (χ0v) is 18.6.